The minimum atomic E-state index is -4.49. The molecule has 0 aliphatic carbocycles. The molecule has 1 aliphatic heterocycles. The van der Waals surface area contributed by atoms with Gasteiger partial charge in [0.05, 0.1) is 55.3 Å². The van der Waals surface area contributed by atoms with Crippen LogP contribution in [0.1, 0.15) is 66.4 Å². The van der Waals surface area contributed by atoms with Gasteiger partial charge in [-0.15, -0.1) is 0 Å². The third-order valence-electron chi connectivity index (χ3n) is 15.0. The van der Waals surface area contributed by atoms with Crippen LogP contribution in [0.15, 0.2) is 65.8 Å². The van der Waals surface area contributed by atoms with Gasteiger partial charge >= 0.3 is 35.8 Å². The molecule has 1 fully saturated rings. The Morgan fingerprint density at radius 3 is 1.73 bits per heavy atom. The highest BCUT2D eigenvalue weighted by Crippen LogP contribution is 2.27. The number of rotatable bonds is 39. The predicted molar refractivity (Wildman–Crippen MR) is 339 cm³/mol. The molecule has 520 valence electrons. The molecule has 2 aromatic carbocycles. The molecule has 35 heteroatoms. The second kappa shape index (κ2) is 38.7. The van der Waals surface area contributed by atoms with Crippen LogP contribution in [0, 0.1) is 19.8 Å². The molecule has 0 radical (unpaired) electrons. The molecule has 34 nitrogen and oxygen atoms in total. The summed E-state index contributed by atoms with van der Waals surface area (Å²) in [5.41, 5.74) is 1.40. The lowest BCUT2D eigenvalue weighted by Crippen LogP contribution is -2.52. The number of benzene rings is 2. The zero-order valence-corrected chi connectivity index (χ0v) is 53.6. The number of carboxylic acids is 6. The molecule has 0 saturated carbocycles. The van der Waals surface area contributed by atoms with E-state index in [9.17, 15) is 91.8 Å². The number of carbonyl (C=O) groups is 11. The highest BCUT2D eigenvalue weighted by Gasteiger charge is 2.31. The molecule has 5 amide bonds. The van der Waals surface area contributed by atoms with Crippen molar-refractivity contribution in [2.45, 2.75) is 82.3 Å². The largest absolute Gasteiger partial charge is 0.494 e. The number of carboxylic acid groups (broad SMARTS) is 6. The fourth-order valence-electron chi connectivity index (χ4n) is 10.2. The fourth-order valence-corrected chi connectivity index (χ4v) is 11.9. The highest BCUT2D eigenvalue weighted by molar-refractivity contribution is 7.89. The smallest absolute Gasteiger partial charge is 0.323 e. The minimum Gasteiger partial charge on any atom is -0.494 e. The highest BCUT2D eigenvalue weighted by atomic mass is 32.2. The van der Waals surface area contributed by atoms with E-state index in [-0.39, 0.29) is 132 Å². The van der Waals surface area contributed by atoms with E-state index in [1.807, 2.05) is 18.2 Å². The lowest BCUT2D eigenvalue weighted by Gasteiger charge is -2.33. The maximum atomic E-state index is 13.7. The van der Waals surface area contributed by atoms with Crippen molar-refractivity contribution in [3.63, 3.8) is 0 Å². The van der Waals surface area contributed by atoms with Crippen molar-refractivity contribution in [1.82, 2.24) is 65.7 Å². The van der Waals surface area contributed by atoms with Gasteiger partial charge in [-0.3, -0.25) is 77.0 Å². The summed E-state index contributed by atoms with van der Waals surface area (Å²) in [4.78, 5) is 147. The number of pyridine rings is 1. The van der Waals surface area contributed by atoms with Crippen LogP contribution in [-0.4, -0.2) is 269 Å². The zero-order chi connectivity index (χ0) is 69.6. The summed E-state index contributed by atoms with van der Waals surface area (Å²) in [6.45, 7) is 2.45. The van der Waals surface area contributed by atoms with E-state index in [2.05, 4.69) is 46.7 Å². The number of nitrogens with zero attached hydrogens (tertiary/aromatic N) is 7. The Labute approximate surface area is 547 Å². The molecular formula is C60H84N14O20S. The SMILES string of the molecule is Cc1cc(OCCCC(=O)NCCNC(=O)C(CCC(=O)O)NC(=O)[C@H](CCC(=O)O)CNC(=O)CN2CCN(CC(=O)O)CCN(CC(=O)O)CCN(CC(=O)O)CC2)cc(C)c1S(=O)(=O)N[C@@H](CNC(=O)c1ccc2c(cnn2CCCNc2ccccn2)c1)C(=O)O. The van der Waals surface area contributed by atoms with E-state index in [1.165, 1.54) is 26.0 Å². The molecule has 95 heavy (non-hydrogen) atoms. The van der Waals surface area contributed by atoms with Gasteiger partial charge in [-0.2, -0.15) is 9.82 Å². The van der Waals surface area contributed by atoms with Crippen molar-refractivity contribution < 1.29 is 96.5 Å². The summed E-state index contributed by atoms with van der Waals surface area (Å²) in [5, 5.41) is 78.5. The average Bonchev–Trinajstić information content (AvgIpc) is 1.64. The van der Waals surface area contributed by atoms with Crippen LogP contribution in [0.25, 0.3) is 10.9 Å². The summed E-state index contributed by atoms with van der Waals surface area (Å²) < 4.78 is 37.2. The average molecular weight is 1350 g/mol. The molecule has 1 saturated heterocycles. The van der Waals surface area contributed by atoms with Crippen LogP contribution in [0.4, 0.5) is 5.82 Å². The maximum absolute atomic E-state index is 13.7. The minimum absolute atomic E-state index is 0.00187. The fraction of sp³-hybridized carbons (Fsp3) is 0.517. The molecule has 2 aromatic heterocycles. The number of anilines is 1. The Bertz CT molecular complexity index is 3380. The monoisotopic (exact) mass is 1350 g/mol. The standard InChI is InChI=1S/C60H84N14O20S/c1-39-29-44(30-40(2)56(39)95(92,93)69-46(60(90)91)34-66-57(87)41-9-12-47-43(31-41)33-67-74(47)19-6-16-62-48-7-3-4-15-61-48)94-28-5-8-49(75)63-17-18-64-59(89)45(11-14-52(79)80)68-58(88)42(10-13-51(77)78)32-65-50(76)35-70-20-22-71(36-53(81)82)24-26-73(38-55(85)86)27-25-72(23-21-70)37-54(83)84/h3-4,7,9,12,15,29-31,33,42,45-46,69H,5-6,8,10-11,13-14,16-28,32,34-38H2,1-2H3,(H,61,62)(H,63,75)(H,64,89)(H,65,76)(H,66,87)(H,68,88)(H,77,78)(H,79,80)(H,81,82)(H,83,84)(H,85,86)(H,90,91)/t42-,45?,46+/m1/s1. The van der Waals surface area contributed by atoms with Crippen LogP contribution in [0.3, 0.4) is 0 Å². The second-order valence-electron chi connectivity index (χ2n) is 22.6. The lowest BCUT2D eigenvalue weighted by molar-refractivity contribution is -0.140. The summed E-state index contributed by atoms with van der Waals surface area (Å²) in [7, 11) is -4.49. The summed E-state index contributed by atoms with van der Waals surface area (Å²) in [5.74, 6) is -11.2. The topological polar surface area (TPSA) is 480 Å². The van der Waals surface area contributed by atoms with Gasteiger partial charge in [0.25, 0.3) is 5.91 Å². The van der Waals surface area contributed by atoms with Crippen LogP contribution in [-0.2, 0) is 64.5 Å². The number of aryl methyl sites for hydroxylation is 3. The normalized spacial score (nSPS) is 14.8. The van der Waals surface area contributed by atoms with Gasteiger partial charge in [-0.05, 0) is 93.1 Å². The number of nitrogens with one attached hydrogen (secondary N) is 7. The first kappa shape index (κ1) is 76.3. The van der Waals surface area contributed by atoms with E-state index >= 15 is 0 Å². The van der Waals surface area contributed by atoms with E-state index in [0.717, 1.165) is 17.8 Å². The van der Waals surface area contributed by atoms with Crippen molar-refractivity contribution in [2.75, 3.05) is 123 Å². The number of carbonyl (C=O) groups excluding carboxylic acids is 5. The Hall–Kier alpha value is -9.42. The number of fused-ring (bicyclic) bond motifs is 1. The van der Waals surface area contributed by atoms with Gasteiger partial charge in [0, 0.05) is 128 Å². The van der Waals surface area contributed by atoms with Crippen LogP contribution in [0.5, 0.6) is 5.75 Å². The van der Waals surface area contributed by atoms with Crippen molar-refractivity contribution in [3.05, 3.63) is 77.6 Å². The first-order valence-electron chi connectivity index (χ1n) is 30.6. The summed E-state index contributed by atoms with van der Waals surface area (Å²) in [6.07, 6.45) is 2.33. The van der Waals surface area contributed by atoms with E-state index in [0.29, 0.717) is 18.5 Å². The Kier molecular flexibility index (Phi) is 31.1. The van der Waals surface area contributed by atoms with Crippen molar-refractivity contribution in [3.8, 4) is 5.75 Å². The first-order chi connectivity index (χ1) is 45.1. The quantitative estimate of drug-likeness (QED) is 0.0227. The van der Waals surface area contributed by atoms with Crippen LogP contribution >= 0.6 is 0 Å². The number of ether oxygens (including phenoxy) is 1. The van der Waals surface area contributed by atoms with Crippen molar-refractivity contribution in [1.29, 1.82) is 0 Å². The first-order valence-corrected chi connectivity index (χ1v) is 32.1. The van der Waals surface area contributed by atoms with E-state index in [4.69, 9.17) is 4.74 Å². The number of aromatic nitrogens is 3. The molecule has 0 spiro atoms. The van der Waals surface area contributed by atoms with Gasteiger partial charge in [0.1, 0.15) is 23.7 Å². The zero-order valence-electron chi connectivity index (χ0n) is 52.8. The Morgan fingerprint density at radius 1 is 0.589 bits per heavy atom. The molecule has 4 aromatic rings. The molecule has 0 bridgehead atoms. The Balaban J connectivity index is 1.07. The van der Waals surface area contributed by atoms with Gasteiger partial charge in [0.15, 0.2) is 0 Å². The molecule has 1 aliphatic rings. The van der Waals surface area contributed by atoms with Gasteiger partial charge in [-0.1, -0.05) is 6.07 Å². The third-order valence-corrected chi connectivity index (χ3v) is 16.8. The van der Waals surface area contributed by atoms with Gasteiger partial charge in [0.2, 0.25) is 33.7 Å². The molecular weight excluding hydrogens is 1270 g/mol. The third kappa shape index (κ3) is 27.6. The Morgan fingerprint density at radius 2 is 1.17 bits per heavy atom. The maximum Gasteiger partial charge on any atom is 0.323 e. The molecule has 3 atom stereocenters. The van der Waals surface area contributed by atoms with Crippen molar-refractivity contribution in [2.24, 2.45) is 5.92 Å². The predicted octanol–water partition coefficient (Wildman–Crippen LogP) is -1.47. The summed E-state index contributed by atoms with van der Waals surface area (Å²) >= 11 is 0. The number of hydrogen-bond donors (Lipinski definition) is 13. The molecule has 1 unspecified atom stereocenters. The molecule has 3 heterocycles. The van der Waals surface area contributed by atoms with Crippen LogP contribution in [0.2, 0.25) is 0 Å². The molecule has 5 rings (SSSR count). The number of sulfonamides is 1. The number of aliphatic carboxylic acids is 6. The second-order valence-corrected chi connectivity index (χ2v) is 24.2. The van der Waals surface area contributed by atoms with Crippen LogP contribution < -0.4 is 41.4 Å². The number of hydrogen-bond acceptors (Lipinski definition) is 21. The van der Waals surface area contributed by atoms with Gasteiger partial charge < -0.3 is 67.3 Å². The summed E-state index contributed by atoms with van der Waals surface area (Å²) in [6, 6.07) is 10.1. The van der Waals surface area contributed by atoms with E-state index < -0.39 is 139 Å². The van der Waals surface area contributed by atoms with E-state index in [1.54, 1.807) is 54.9 Å². The number of amides is 5. The molecule has 13 N–H and O–H groups in total. The van der Waals surface area contributed by atoms with Gasteiger partial charge in [-0.25, -0.2) is 13.4 Å². The van der Waals surface area contributed by atoms with Crippen molar-refractivity contribution >= 4 is 92.1 Å². The lowest BCUT2D eigenvalue weighted by atomic mass is 10.0.